The van der Waals surface area contributed by atoms with Crippen molar-refractivity contribution < 1.29 is 26.7 Å². The molecule has 1 nitrogen and oxygen atoms in total. The quantitative estimate of drug-likeness (QED) is 0.258. The third-order valence-electron chi connectivity index (χ3n) is 5.71. The molecule has 0 saturated heterocycles. The highest BCUT2D eigenvalue weighted by molar-refractivity contribution is 5.33. The third kappa shape index (κ3) is 6.58. The zero-order valence-electron chi connectivity index (χ0n) is 19.5. The van der Waals surface area contributed by atoms with Gasteiger partial charge in [-0.3, -0.25) is 0 Å². The van der Waals surface area contributed by atoms with Crippen molar-refractivity contribution in [2.24, 2.45) is 0 Å². The second-order valence-electron chi connectivity index (χ2n) is 8.45. The van der Waals surface area contributed by atoms with E-state index < -0.39 is 34.8 Å². The lowest BCUT2D eigenvalue weighted by molar-refractivity contribution is 0.284. The summed E-state index contributed by atoms with van der Waals surface area (Å²) >= 11 is 0. The molecule has 3 aromatic rings. The maximum Gasteiger partial charge on any atom is 0.190 e. The van der Waals surface area contributed by atoms with Gasteiger partial charge in [0.1, 0.15) is 17.5 Å². The lowest BCUT2D eigenvalue weighted by atomic mass is 9.98. The molecule has 6 heteroatoms. The highest BCUT2D eigenvalue weighted by Crippen LogP contribution is 2.25. The molecule has 3 rings (SSSR count). The standard InChI is InChI=1S/C28H29F5O/c1-3-5-19-14-24(30)22(25(31)15-19)11-8-18-6-9-21(23(29)13-18)10-7-20-16-26(32)28(27(33)17-20)34-12-4-2/h6,9,13-17H,3-5,7-8,10-12H2,1-2H3. The van der Waals surface area contributed by atoms with Crippen molar-refractivity contribution in [3.63, 3.8) is 0 Å². The van der Waals surface area contributed by atoms with Crippen molar-refractivity contribution in [1.29, 1.82) is 0 Å². The van der Waals surface area contributed by atoms with Crippen LogP contribution < -0.4 is 4.74 Å². The summed E-state index contributed by atoms with van der Waals surface area (Å²) < 4.78 is 76.6. The van der Waals surface area contributed by atoms with E-state index >= 15 is 0 Å². The van der Waals surface area contributed by atoms with E-state index in [2.05, 4.69) is 0 Å². The van der Waals surface area contributed by atoms with Gasteiger partial charge in [0.05, 0.1) is 6.61 Å². The molecule has 3 aromatic carbocycles. The lowest BCUT2D eigenvalue weighted by Crippen LogP contribution is -2.03. The summed E-state index contributed by atoms with van der Waals surface area (Å²) in [4.78, 5) is 0. The Balaban J connectivity index is 1.63. The number of hydrogen-bond donors (Lipinski definition) is 0. The van der Waals surface area contributed by atoms with E-state index in [0.29, 0.717) is 35.1 Å². The van der Waals surface area contributed by atoms with Crippen molar-refractivity contribution in [2.75, 3.05) is 6.61 Å². The summed E-state index contributed by atoms with van der Waals surface area (Å²) in [7, 11) is 0. The van der Waals surface area contributed by atoms with Gasteiger partial charge >= 0.3 is 0 Å². The maximum atomic E-state index is 14.6. The van der Waals surface area contributed by atoms with Crippen LogP contribution in [0.5, 0.6) is 5.75 Å². The van der Waals surface area contributed by atoms with Crippen LogP contribution in [0.2, 0.25) is 0 Å². The SMILES string of the molecule is CCCOc1c(F)cc(CCc2ccc(CCc3c(F)cc(CCC)cc3F)cc2F)cc1F. The summed E-state index contributed by atoms with van der Waals surface area (Å²) in [5.74, 6) is -3.56. The molecule has 0 saturated carbocycles. The Labute approximate surface area is 197 Å². The van der Waals surface area contributed by atoms with E-state index in [1.807, 2.05) is 13.8 Å². The van der Waals surface area contributed by atoms with Crippen molar-refractivity contribution in [1.82, 2.24) is 0 Å². The first-order valence-corrected chi connectivity index (χ1v) is 11.7. The van der Waals surface area contributed by atoms with Gasteiger partial charge in [0, 0.05) is 5.56 Å². The largest absolute Gasteiger partial charge is 0.488 e. The van der Waals surface area contributed by atoms with E-state index in [9.17, 15) is 22.0 Å². The molecule has 0 aliphatic heterocycles. The minimum Gasteiger partial charge on any atom is -0.488 e. The van der Waals surface area contributed by atoms with Crippen molar-refractivity contribution in [2.45, 2.75) is 58.8 Å². The number of aryl methyl sites for hydroxylation is 4. The van der Waals surface area contributed by atoms with Gasteiger partial charge < -0.3 is 4.74 Å². The molecule has 0 aliphatic carbocycles. The van der Waals surface area contributed by atoms with Crippen molar-refractivity contribution >= 4 is 0 Å². The zero-order chi connectivity index (χ0) is 24.7. The molecule has 0 bridgehead atoms. The monoisotopic (exact) mass is 476 g/mol. The summed E-state index contributed by atoms with van der Waals surface area (Å²) in [6, 6.07) is 9.79. The van der Waals surface area contributed by atoms with E-state index in [1.54, 1.807) is 12.1 Å². The average molecular weight is 477 g/mol. The zero-order valence-corrected chi connectivity index (χ0v) is 19.5. The van der Waals surface area contributed by atoms with Crippen LogP contribution in [0.1, 0.15) is 54.5 Å². The van der Waals surface area contributed by atoms with Crippen molar-refractivity contribution in [3.8, 4) is 5.75 Å². The minimum absolute atomic E-state index is 0.000228. The molecule has 0 amide bonds. The second-order valence-corrected chi connectivity index (χ2v) is 8.45. The first kappa shape index (κ1) is 25.7. The van der Waals surface area contributed by atoms with Crippen LogP contribution in [0.4, 0.5) is 22.0 Å². The number of ether oxygens (including phenoxy) is 1. The Morgan fingerprint density at radius 3 is 1.71 bits per heavy atom. The molecule has 0 radical (unpaired) electrons. The van der Waals surface area contributed by atoms with Crippen molar-refractivity contribution in [3.05, 3.63) is 99.4 Å². The minimum atomic E-state index is -0.776. The maximum absolute atomic E-state index is 14.6. The number of rotatable bonds is 11. The highest BCUT2D eigenvalue weighted by Gasteiger charge is 2.14. The highest BCUT2D eigenvalue weighted by atomic mass is 19.1. The van der Waals surface area contributed by atoms with E-state index in [4.69, 9.17) is 4.74 Å². The number of benzene rings is 3. The van der Waals surface area contributed by atoms with E-state index in [-0.39, 0.29) is 37.9 Å². The molecule has 0 spiro atoms. The Bertz CT molecular complexity index is 1080. The molecule has 0 aliphatic rings. The molecule has 182 valence electrons. The molecule has 0 fully saturated rings. The average Bonchev–Trinajstić information content (AvgIpc) is 2.77. The molecule has 0 N–H and O–H groups in total. The molecule has 0 aromatic heterocycles. The third-order valence-corrected chi connectivity index (χ3v) is 5.71. The Kier molecular flexibility index (Phi) is 9.08. The lowest BCUT2D eigenvalue weighted by Gasteiger charge is -2.11. The van der Waals surface area contributed by atoms with Crippen LogP contribution in [0.15, 0.2) is 42.5 Å². The van der Waals surface area contributed by atoms with Crippen LogP contribution in [-0.2, 0) is 32.1 Å². The summed E-state index contributed by atoms with van der Waals surface area (Å²) in [5, 5.41) is 0. The Hall–Kier alpha value is -2.89. The van der Waals surface area contributed by atoms with Gasteiger partial charge in [-0.05, 0) is 91.1 Å². The fourth-order valence-electron chi connectivity index (χ4n) is 3.92. The Morgan fingerprint density at radius 1 is 0.559 bits per heavy atom. The molecule has 0 unspecified atom stereocenters. The topological polar surface area (TPSA) is 9.23 Å². The van der Waals surface area contributed by atoms with Gasteiger partial charge in [0.2, 0.25) is 0 Å². The fourth-order valence-corrected chi connectivity index (χ4v) is 3.92. The summed E-state index contributed by atoms with van der Waals surface area (Å²) in [6.07, 6.45) is 2.94. The molecule has 34 heavy (non-hydrogen) atoms. The summed E-state index contributed by atoms with van der Waals surface area (Å²) in [5.41, 5.74) is 2.04. The Morgan fingerprint density at radius 2 is 1.12 bits per heavy atom. The number of halogens is 5. The van der Waals surface area contributed by atoms with Gasteiger partial charge in [0.15, 0.2) is 17.4 Å². The van der Waals surface area contributed by atoms with Crippen LogP contribution in [-0.4, -0.2) is 6.61 Å². The van der Waals surface area contributed by atoms with Gasteiger partial charge in [-0.1, -0.05) is 32.4 Å². The fraction of sp³-hybridized carbons (Fsp3) is 0.357. The van der Waals surface area contributed by atoms with Gasteiger partial charge in [-0.2, -0.15) is 0 Å². The van der Waals surface area contributed by atoms with Crippen LogP contribution in [0.3, 0.4) is 0 Å². The smallest absolute Gasteiger partial charge is 0.190 e. The van der Waals surface area contributed by atoms with Gasteiger partial charge in [-0.25, -0.2) is 22.0 Å². The molecular weight excluding hydrogens is 447 g/mol. The molecule has 0 atom stereocenters. The normalized spacial score (nSPS) is 11.1. The molecular formula is C28H29F5O. The van der Waals surface area contributed by atoms with Gasteiger partial charge in [-0.15, -0.1) is 0 Å². The summed E-state index contributed by atoms with van der Waals surface area (Å²) in [6.45, 7) is 4.00. The predicted molar refractivity (Wildman–Crippen MR) is 124 cm³/mol. The van der Waals surface area contributed by atoms with Crippen LogP contribution >= 0.6 is 0 Å². The van der Waals surface area contributed by atoms with Gasteiger partial charge in [0.25, 0.3) is 0 Å². The van der Waals surface area contributed by atoms with Crippen LogP contribution in [0, 0.1) is 29.1 Å². The molecule has 0 heterocycles. The van der Waals surface area contributed by atoms with E-state index in [0.717, 1.165) is 6.42 Å². The second kappa shape index (κ2) is 12.0. The predicted octanol–water partition coefficient (Wildman–Crippen LogP) is 7.69. The van der Waals surface area contributed by atoms with E-state index in [1.165, 1.54) is 30.3 Å². The first-order chi connectivity index (χ1) is 16.3. The first-order valence-electron chi connectivity index (χ1n) is 11.7. The number of hydrogen-bond acceptors (Lipinski definition) is 1. The van der Waals surface area contributed by atoms with Crippen LogP contribution in [0.25, 0.3) is 0 Å².